The molecule has 0 saturated heterocycles. The molecule has 0 fully saturated rings. The summed E-state index contributed by atoms with van der Waals surface area (Å²) in [7, 11) is 0. The third-order valence-electron chi connectivity index (χ3n) is 2.01. The monoisotopic (exact) mass is 252 g/mol. The van der Waals surface area contributed by atoms with Gasteiger partial charge in [-0.25, -0.2) is 0 Å². The highest BCUT2D eigenvalue weighted by molar-refractivity contribution is 9.10. The van der Waals surface area contributed by atoms with Crippen LogP contribution in [0, 0.1) is 0 Å². The quantitative estimate of drug-likeness (QED) is 0.682. The fraction of sp³-hybridized carbons (Fsp3) is 0.0909. The summed E-state index contributed by atoms with van der Waals surface area (Å²) in [6, 6.07) is 12.9. The van der Waals surface area contributed by atoms with Crippen LogP contribution in [0.15, 0.2) is 45.8 Å². The fourth-order valence-corrected chi connectivity index (χ4v) is 2.15. The molecule has 2 rings (SSSR count). The SMILES string of the molecule is CSc1ccc2ccc(Br)cc2c1. The Kier molecular flexibility index (Phi) is 2.61. The summed E-state index contributed by atoms with van der Waals surface area (Å²) >= 11 is 5.25. The van der Waals surface area contributed by atoms with Gasteiger partial charge in [0, 0.05) is 9.37 Å². The van der Waals surface area contributed by atoms with Gasteiger partial charge >= 0.3 is 0 Å². The molecule has 0 aliphatic carbocycles. The molecule has 0 atom stereocenters. The van der Waals surface area contributed by atoms with Gasteiger partial charge in [0.25, 0.3) is 0 Å². The molecule has 0 bridgehead atoms. The normalized spacial score (nSPS) is 10.6. The lowest BCUT2D eigenvalue weighted by Gasteiger charge is -2.00. The number of rotatable bonds is 1. The Hall–Kier alpha value is -0.470. The van der Waals surface area contributed by atoms with Crippen molar-refractivity contribution >= 4 is 38.5 Å². The molecule has 0 N–H and O–H groups in total. The molecular weight excluding hydrogens is 244 g/mol. The molecule has 13 heavy (non-hydrogen) atoms. The Balaban J connectivity index is 2.68. The van der Waals surface area contributed by atoms with E-state index in [4.69, 9.17) is 0 Å². The van der Waals surface area contributed by atoms with Gasteiger partial charge in [-0.1, -0.05) is 28.1 Å². The van der Waals surface area contributed by atoms with Crippen molar-refractivity contribution in [3.05, 3.63) is 40.9 Å². The third kappa shape index (κ3) is 1.89. The van der Waals surface area contributed by atoms with E-state index in [9.17, 15) is 0 Å². The summed E-state index contributed by atoms with van der Waals surface area (Å²) in [4.78, 5) is 1.31. The van der Waals surface area contributed by atoms with Crippen LogP contribution < -0.4 is 0 Å². The molecule has 0 nitrogen and oxygen atoms in total. The van der Waals surface area contributed by atoms with Crippen molar-refractivity contribution in [2.24, 2.45) is 0 Å². The zero-order chi connectivity index (χ0) is 9.26. The predicted octanol–water partition coefficient (Wildman–Crippen LogP) is 4.32. The average Bonchev–Trinajstić information content (AvgIpc) is 2.16. The van der Waals surface area contributed by atoms with Gasteiger partial charge in [-0.2, -0.15) is 0 Å². The molecule has 0 saturated carbocycles. The molecule has 0 aliphatic rings. The largest absolute Gasteiger partial charge is 0.130 e. The number of thioether (sulfide) groups is 1. The molecule has 2 aromatic carbocycles. The second-order valence-corrected chi connectivity index (χ2v) is 4.65. The fourth-order valence-electron chi connectivity index (χ4n) is 1.32. The minimum absolute atomic E-state index is 1.14. The first-order valence-electron chi connectivity index (χ1n) is 4.03. The number of halogens is 1. The van der Waals surface area contributed by atoms with Crippen molar-refractivity contribution in [2.45, 2.75) is 4.90 Å². The molecule has 0 aliphatic heterocycles. The summed E-state index contributed by atoms with van der Waals surface area (Å²) in [5.74, 6) is 0. The van der Waals surface area contributed by atoms with E-state index in [1.807, 2.05) is 0 Å². The van der Waals surface area contributed by atoms with Crippen LogP contribution in [0.25, 0.3) is 10.8 Å². The van der Waals surface area contributed by atoms with E-state index < -0.39 is 0 Å². The molecule has 2 aromatic rings. The van der Waals surface area contributed by atoms with Crippen molar-refractivity contribution in [2.75, 3.05) is 6.26 Å². The van der Waals surface area contributed by atoms with Crippen molar-refractivity contribution in [1.82, 2.24) is 0 Å². The van der Waals surface area contributed by atoms with Crippen molar-refractivity contribution in [3.63, 3.8) is 0 Å². The van der Waals surface area contributed by atoms with Gasteiger partial charge in [-0.05, 0) is 41.3 Å². The zero-order valence-electron chi connectivity index (χ0n) is 7.25. The lowest BCUT2D eigenvalue weighted by Crippen LogP contribution is -1.74. The molecule has 0 unspecified atom stereocenters. The van der Waals surface area contributed by atoms with Gasteiger partial charge in [0.2, 0.25) is 0 Å². The van der Waals surface area contributed by atoms with Crippen LogP contribution in [0.1, 0.15) is 0 Å². The van der Waals surface area contributed by atoms with Crippen LogP contribution >= 0.6 is 27.7 Å². The first-order valence-corrected chi connectivity index (χ1v) is 6.05. The van der Waals surface area contributed by atoms with Crippen LogP contribution in [-0.4, -0.2) is 6.26 Å². The predicted molar refractivity (Wildman–Crippen MR) is 63.4 cm³/mol. The van der Waals surface area contributed by atoms with Gasteiger partial charge in [-0.15, -0.1) is 11.8 Å². The Bertz CT molecular complexity index is 437. The van der Waals surface area contributed by atoms with Crippen molar-refractivity contribution in [3.8, 4) is 0 Å². The second-order valence-electron chi connectivity index (χ2n) is 2.86. The zero-order valence-corrected chi connectivity index (χ0v) is 9.65. The first-order chi connectivity index (χ1) is 6.29. The van der Waals surface area contributed by atoms with E-state index in [2.05, 4.69) is 58.6 Å². The topological polar surface area (TPSA) is 0 Å². The van der Waals surface area contributed by atoms with Crippen LogP contribution in [-0.2, 0) is 0 Å². The van der Waals surface area contributed by atoms with E-state index in [0.29, 0.717) is 0 Å². The Morgan fingerprint density at radius 2 is 1.77 bits per heavy atom. The summed E-state index contributed by atoms with van der Waals surface area (Å²) < 4.78 is 1.14. The summed E-state index contributed by atoms with van der Waals surface area (Å²) in [6.45, 7) is 0. The molecule has 0 heterocycles. The lowest BCUT2D eigenvalue weighted by molar-refractivity contribution is 1.51. The summed E-state index contributed by atoms with van der Waals surface area (Å²) in [6.07, 6.45) is 2.10. The van der Waals surface area contributed by atoms with Crippen LogP contribution in [0.2, 0.25) is 0 Å². The number of fused-ring (bicyclic) bond motifs is 1. The van der Waals surface area contributed by atoms with Crippen LogP contribution in [0.5, 0.6) is 0 Å². The number of benzene rings is 2. The second kappa shape index (κ2) is 3.72. The smallest absolute Gasteiger partial charge is 0.0181 e. The van der Waals surface area contributed by atoms with E-state index in [1.165, 1.54) is 15.7 Å². The van der Waals surface area contributed by atoms with Crippen LogP contribution in [0.3, 0.4) is 0 Å². The first kappa shape index (κ1) is 9.10. The van der Waals surface area contributed by atoms with E-state index in [1.54, 1.807) is 11.8 Å². The van der Waals surface area contributed by atoms with Crippen molar-refractivity contribution in [1.29, 1.82) is 0 Å². The highest BCUT2D eigenvalue weighted by Crippen LogP contribution is 2.24. The maximum Gasteiger partial charge on any atom is 0.0181 e. The Morgan fingerprint density at radius 1 is 1.00 bits per heavy atom. The van der Waals surface area contributed by atoms with Gasteiger partial charge in [0.15, 0.2) is 0 Å². The highest BCUT2D eigenvalue weighted by Gasteiger charge is 1.95. The number of hydrogen-bond acceptors (Lipinski definition) is 1. The van der Waals surface area contributed by atoms with Gasteiger partial charge in [0.05, 0.1) is 0 Å². The van der Waals surface area contributed by atoms with E-state index >= 15 is 0 Å². The Labute approximate surface area is 90.5 Å². The molecule has 0 amide bonds. The molecule has 0 radical (unpaired) electrons. The summed E-state index contributed by atoms with van der Waals surface area (Å²) in [5, 5.41) is 2.59. The third-order valence-corrected chi connectivity index (χ3v) is 3.23. The van der Waals surface area contributed by atoms with Gasteiger partial charge < -0.3 is 0 Å². The highest BCUT2D eigenvalue weighted by atomic mass is 79.9. The van der Waals surface area contributed by atoms with E-state index in [-0.39, 0.29) is 0 Å². The van der Waals surface area contributed by atoms with Gasteiger partial charge in [-0.3, -0.25) is 0 Å². The van der Waals surface area contributed by atoms with Crippen molar-refractivity contribution < 1.29 is 0 Å². The molecule has 66 valence electrons. The molecular formula is C11H9BrS. The molecule has 0 spiro atoms. The minimum atomic E-state index is 1.14. The Morgan fingerprint density at radius 3 is 2.54 bits per heavy atom. The molecule has 0 aromatic heterocycles. The number of hydrogen-bond donors (Lipinski definition) is 0. The average molecular weight is 253 g/mol. The van der Waals surface area contributed by atoms with Gasteiger partial charge in [0.1, 0.15) is 0 Å². The molecule has 2 heteroatoms. The standard InChI is InChI=1S/C11H9BrS/c1-13-11-5-3-8-2-4-10(12)6-9(8)7-11/h2-7H,1H3. The maximum absolute atomic E-state index is 3.47. The van der Waals surface area contributed by atoms with Crippen LogP contribution in [0.4, 0.5) is 0 Å². The lowest BCUT2D eigenvalue weighted by atomic mass is 10.1. The summed E-state index contributed by atoms with van der Waals surface area (Å²) in [5.41, 5.74) is 0. The van der Waals surface area contributed by atoms with E-state index in [0.717, 1.165) is 4.47 Å². The maximum atomic E-state index is 3.47. The minimum Gasteiger partial charge on any atom is -0.130 e.